The SMILES string of the molecule is Cn1c2c(c3ccnc(CN(CCCCN)[C@H]4CCCc5cccnc54)c31)C=CCC2. The molecule has 5 rings (SSSR count). The van der Waals surface area contributed by atoms with E-state index in [0.717, 1.165) is 58.2 Å². The van der Waals surface area contributed by atoms with Crippen LogP contribution >= 0.6 is 0 Å². The lowest BCUT2D eigenvalue weighted by Gasteiger charge is -2.35. The largest absolute Gasteiger partial charge is 0.346 e. The molecular weight excluding hydrogens is 382 g/mol. The van der Waals surface area contributed by atoms with Gasteiger partial charge in [0.2, 0.25) is 0 Å². The van der Waals surface area contributed by atoms with Crippen LogP contribution in [0.5, 0.6) is 0 Å². The molecule has 5 heteroatoms. The van der Waals surface area contributed by atoms with Crippen LogP contribution < -0.4 is 5.73 Å². The Hall–Kier alpha value is -2.50. The highest BCUT2D eigenvalue weighted by molar-refractivity contribution is 5.93. The second-order valence-corrected chi connectivity index (χ2v) is 8.94. The standard InChI is InChI=1S/C26H33N5/c1-30-23-11-3-2-10-20(23)21-13-16-28-22(26(21)30)18-31(17-5-4-14-27)24-12-6-8-19-9-7-15-29-25(19)24/h2,7,9-10,13,15-16,24H,3-6,8,11-12,14,17-18,27H2,1H3/t24-/m0/s1. The van der Waals surface area contributed by atoms with E-state index in [9.17, 15) is 0 Å². The zero-order chi connectivity index (χ0) is 21.2. The lowest BCUT2D eigenvalue weighted by Crippen LogP contribution is -2.33. The summed E-state index contributed by atoms with van der Waals surface area (Å²) >= 11 is 0. The molecule has 3 aromatic heterocycles. The molecule has 0 spiro atoms. The number of aryl methyl sites for hydroxylation is 2. The molecule has 0 amide bonds. The monoisotopic (exact) mass is 415 g/mol. The van der Waals surface area contributed by atoms with Crippen molar-refractivity contribution in [2.75, 3.05) is 13.1 Å². The Morgan fingerprint density at radius 1 is 1.16 bits per heavy atom. The Bertz CT molecular complexity index is 1100. The van der Waals surface area contributed by atoms with E-state index in [-0.39, 0.29) is 0 Å². The molecule has 0 aromatic carbocycles. The van der Waals surface area contributed by atoms with E-state index >= 15 is 0 Å². The van der Waals surface area contributed by atoms with Crippen molar-refractivity contribution < 1.29 is 0 Å². The number of nitrogens with zero attached hydrogens (tertiary/aromatic N) is 4. The first-order valence-electron chi connectivity index (χ1n) is 11.8. The summed E-state index contributed by atoms with van der Waals surface area (Å²) in [6.07, 6.45) is 16.4. The minimum absolute atomic E-state index is 0.356. The first-order chi connectivity index (χ1) is 15.3. The van der Waals surface area contributed by atoms with Gasteiger partial charge in [-0.1, -0.05) is 18.2 Å². The van der Waals surface area contributed by atoms with E-state index in [4.69, 9.17) is 15.7 Å². The van der Waals surface area contributed by atoms with Crippen molar-refractivity contribution in [3.63, 3.8) is 0 Å². The Balaban J connectivity index is 1.53. The number of unbranched alkanes of at least 4 members (excludes halogenated alkanes) is 1. The van der Waals surface area contributed by atoms with Gasteiger partial charge in [-0.3, -0.25) is 14.9 Å². The van der Waals surface area contributed by atoms with Crippen molar-refractivity contribution in [1.82, 2.24) is 19.4 Å². The van der Waals surface area contributed by atoms with Gasteiger partial charge >= 0.3 is 0 Å². The number of nitrogens with two attached hydrogens (primary N) is 1. The number of rotatable bonds is 7. The summed E-state index contributed by atoms with van der Waals surface area (Å²) in [5.74, 6) is 0. The normalized spacial score (nSPS) is 17.8. The second-order valence-electron chi connectivity index (χ2n) is 8.94. The van der Waals surface area contributed by atoms with Gasteiger partial charge in [0.1, 0.15) is 0 Å². The van der Waals surface area contributed by atoms with E-state index < -0.39 is 0 Å². The summed E-state index contributed by atoms with van der Waals surface area (Å²) in [7, 11) is 2.21. The van der Waals surface area contributed by atoms with E-state index in [1.807, 2.05) is 12.4 Å². The Labute approximate surface area is 185 Å². The summed E-state index contributed by atoms with van der Waals surface area (Å²) in [5.41, 5.74) is 13.8. The van der Waals surface area contributed by atoms with Crippen molar-refractivity contribution in [3.05, 3.63) is 64.9 Å². The fourth-order valence-electron chi connectivity index (χ4n) is 5.52. The Morgan fingerprint density at radius 3 is 3.00 bits per heavy atom. The molecule has 3 heterocycles. The van der Waals surface area contributed by atoms with Gasteiger partial charge < -0.3 is 10.3 Å². The highest BCUT2D eigenvalue weighted by Gasteiger charge is 2.28. The molecule has 1 atom stereocenters. The third kappa shape index (κ3) is 3.81. The van der Waals surface area contributed by atoms with Crippen molar-refractivity contribution in [3.8, 4) is 0 Å². The molecule has 0 radical (unpaired) electrons. The molecule has 5 nitrogen and oxygen atoms in total. The van der Waals surface area contributed by atoms with Crippen LogP contribution in [0.25, 0.3) is 17.0 Å². The molecule has 3 aromatic rings. The number of hydrogen-bond donors (Lipinski definition) is 1. The maximum atomic E-state index is 5.82. The molecular formula is C26H33N5. The number of fused-ring (bicyclic) bond motifs is 4. The summed E-state index contributed by atoms with van der Waals surface area (Å²) in [6.45, 7) is 2.63. The van der Waals surface area contributed by atoms with Gasteiger partial charge in [-0.05, 0) is 75.7 Å². The third-order valence-corrected chi connectivity index (χ3v) is 7.03. The Morgan fingerprint density at radius 2 is 2.10 bits per heavy atom. The van der Waals surface area contributed by atoms with Crippen LogP contribution in [0.2, 0.25) is 0 Å². The van der Waals surface area contributed by atoms with Crippen LogP contribution in [0, 0.1) is 0 Å². The van der Waals surface area contributed by atoms with Crippen LogP contribution in [0.3, 0.4) is 0 Å². The fraction of sp³-hybridized carbons (Fsp3) is 0.462. The van der Waals surface area contributed by atoms with Crippen LogP contribution in [0.4, 0.5) is 0 Å². The molecule has 2 aliphatic carbocycles. The summed E-state index contributed by atoms with van der Waals surface area (Å²) in [6, 6.07) is 6.87. The molecule has 2 N–H and O–H groups in total. The molecule has 0 fully saturated rings. The first-order valence-corrected chi connectivity index (χ1v) is 11.8. The lowest BCUT2D eigenvalue weighted by atomic mass is 9.90. The highest BCUT2D eigenvalue weighted by atomic mass is 15.2. The number of pyridine rings is 2. The van der Waals surface area contributed by atoms with E-state index in [2.05, 4.69) is 46.9 Å². The van der Waals surface area contributed by atoms with E-state index in [1.54, 1.807) is 0 Å². The molecule has 0 unspecified atom stereocenters. The zero-order valence-electron chi connectivity index (χ0n) is 18.6. The molecule has 0 saturated carbocycles. The smallest absolute Gasteiger partial charge is 0.0786 e. The van der Waals surface area contributed by atoms with Crippen molar-refractivity contribution in [2.24, 2.45) is 12.8 Å². The molecule has 31 heavy (non-hydrogen) atoms. The number of aromatic nitrogens is 3. The average Bonchev–Trinajstić information content (AvgIpc) is 3.11. The van der Waals surface area contributed by atoms with E-state index in [0.29, 0.717) is 6.04 Å². The maximum absolute atomic E-state index is 5.82. The van der Waals surface area contributed by atoms with Gasteiger partial charge in [-0.2, -0.15) is 0 Å². The maximum Gasteiger partial charge on any atom is 0.0786 e. The quantitative estimate of drug-likeness (QED) is 0.575. The highest BCUT2D eigenvalue weighted by Crippen LogP contribution is 2.36. The van der Waals surface area contributed by atoms with Crippen molar-refractivity contribution >= 4 is 17.0 Å². The first kappa shape index (κ1) is 20.4. The summed E-state index contributed by atoms with van der Waals surface area (Å²) in [4.78, 5) is 12.3. The lowest BCUT2D eigenvalue weighted by molar-refractivity contribution is 0.161. The number of hydrogen-bond acceptors (Lipinski definition) is 4. The minimum Gasteiger partial charge on any atom is -0.346 e. The molecule has 162 valence electrons. The summed E-state index contributed by atoms with van der Waals surface area (Å²) < 4.78 is 2.39. The van der Waals surface area contributed by atoms with Gasteiger partial charge in [0.25, 0.3) is 0 Å². The zero-order valence-corrected chi connectivity index (χ0v) is 18.6. The summed E-state index contributed by atoms with van der Waals surface area (Å²) in [5, 5.41) is 1.34. The predicted octanol–water partition coefficient (Wildman–Crippen LogP) is 4.55. The Kier molecular flexibility index (Phi) is 5.88. The predicted molar refractivity (Wildman–Crippen MR) is 127 cm³/mol. The molecule has 0 saturated heterocycles. The second kappa shape index (κ2) is 8.93. The number of allylic oxidation sites excluding steroid dienone is 1. The van der Waals surface area contributed by atoms with Gasteiger partial charge in [-0.15, -0.1) is 0 Å². The van der Waals surface area contributed by atoms with Crippen molar-refractivity contribution in [2.45, 2.75) is 57.5 Å². The van der Waals surface area contributed by atoms with E-state index in [1.165, 1.54) is 45.5 Å². The van der Waals surface area contributed by atoms with Crippen LogP contribution in [0.1, 0.15) is 66.4 Å². The topological polar surface area (TPSA) is 60.0 Å². The van der Waals surface area contributed by atoms with Crippen LogP contribution in [-0.2, 0) is 26.4 Å². The van der Waals surface area contributed by atoms with Crippen LogP contribution in [-0.4, -0.2) is 32.5 Å². The van der Waals surface area contributed by atoms with Crippen LogP contribution in [0.15, 0.2) is 36.7 Å². The van der Waals surface area contributed by atoms with Gasteiger partial charge in [0.05, 0.1) is 22.9 Å². The van der Waals surface area contributed by atoms with Crippen molar-refractivity contribution in [1.29, 1.82) is 0 Å². The average molecular weight is 416 g/mol. The third-order valence-electron chi connectivity index (χ3n) is 7.03. The molecule has 2 aliphatic rings. The van der Waals surface area contributed by atoms with Gasteiger partial charge in [0, 0.05) is 42.6 Å². The molecule has 0 aliphatic heterocycles. The fourth-order valence-corrected chi connectivity index (χ4v) is 5.52. The van der Waals surface area contributed by atoms with Gasteiger partial charge in [0.15, 0.2) is 0 Å². The van der Waals surface area contributed by atoms with Gasteiger partial charge in [-0.25, -0.2) is 0 Å². The molecule has 0 bridgehead atoms. The minimum atomic E-state index is 0.356.